The van der Waals surface area contributed by atoms with Crippen LogP contribution in [0.5, 0.6) is 11.8 Å². The van der Waals surface area contributed by atoms with Crippen molar-refractivity contribution in [2.75, 3.05) is 5.32 Å². The lowest BCUT2D eigenvalue weighted by Crippen LogP contribution is -2.15. The van der Waals surface area contributed by atoms with Crippen LogP contribution in [0.2, 0.25) is 0 Å². The van der Waals surface area contributed by atoms with Crippen molar-refractivity contribution >= 4 is 22.9 Å². The molecule has 6 nitrogen and oxygen atoms in total. The predicted octanol–water partition coefficient (Wildman–Crippen LogP) is 5.30. The van der Waals surface area contributed by atoms with Gasteiger partial charge >= 0.3 is 6.01 Å². The van der Waals surface area contributed by atoms with Gasteiger partial charge in [0.05, 0.1) is 5.56 Å². The van der Waals surface area contributed by atoms with E-state index in [0.29, 0.717) is 11.3 Å². The Bertz CT molecular complexity index is 1150. The number of rotatable bonds is 5. The van der Waals surface area contributed by atoms with E-state index < -0.39 is 0 Å². The summed E-state index contributed by atoms with van der Waals surface area (Å²) in [6.07, 6.45) is 7.14. The maximum atomic E-state index is 13.1. The normalized spacial score (nSPS) is 10.7. The molecule has 0 saturated carbocycles. The number of thiophene rings is 1. The van der Waals surface area contributed by atoms with Gasteiger partial charge in [0, 0.05) is 35.4 Å². The number of ether oxygens (including phenoxy) is 1. The van der Waals surface area contributed by atoms with Gasteiger partial charge in [-0.15, -0.1) is 11.3 Å². The van der Waals surface area contributed by atoms with Crippen LogP contribution in [0.3, 0.4) is 0 Å². The molecule has 1 aromatic carbocycles. The smallest absolute Gasteiger partial charge is 0.321 e. The summed E-state index contributed by atoms with van der Waals surface area (Å²) in [5, 5.41) is 3.96. The molecule has 3 heterocycles. The second kappa shape index (κ2) is 7.89. The number of nitrogens with one attached hydrogen (secondary N) is 1. The van der Waals surface area contributed by atoms with E-state index in [9.17, 15) is 4.79 Å². The number of anilines is 1. The van der Waals surface area contributed by atoms with E-state index in [1.807, 2.05) is 62.0 Å². The van der Waals surface area contributed by atoms with Gasteiger partial charge < -0.3 is 14.6 Å². The third-order valence-corrected chi connectivity index (χ3v) is 5.85. The third kappa shape index (κ3) is 3.90. The molecule has 1 amide bonds. The molecule has 0 radical (unpaired) electrons. The molecule has 0 spiro atoms. The number of carbonyl (C=O) groups excluding carboxylic acids is 1. The van der Waals surface area contributed by atoms with E-state index in [1.54, 1.807) is 35.9 Å². The molecule has 29 heavy (non-hydrogen) atoms. The van der Waals surface area contributed by atoms with E-state index in [4.69, 9.17) is 4.74 Å². The first-order chi connectivity index (χ1) is 14.0. The number of aromatic nitrogens is 3. The van der Waals surface area contributed by atoms with Crippen LogP contribution in [-0.2, 0) is 0 Å². The molecule has 0 aliphatic carbocycles. The average Bonchev–Trinajstić information content (AvgIpc) is 3.33. The van der Waals surface area contributed by atoms with Crippen molar-refractivity contribution in [3.05, 3.63) is 82.8 Å². The summed E-state index contributed by atoms with van der Waals surface area (Å²) in [7, 11) is 0. The fourth-order valence-corrected chi connectivity index (χ4v) is 4.12. The largest absolute Gasteiger partial charge is 0.424 e. The van der Waals surface area contributed by atoms with Crippen molar-refractivity contribution in [3.63, 3.8) is 0 Å². The van der Waals surface area contributed by atoms with Crippen LogP contribution in [0.25, 0.3) is 5.00 Å². The van der Waals surface area contributed by atoms with Crippen LogP contribution in [0.15, 0.2) is 61.2 Å². The standard InChI is InChI=1S/C22H20N4O2S/c1-14-13-17(28-22-23-9-6-10-24-22)7-8-18(14)25-20(27)19-15(2)16(3)29-21(19)26-11-4-5-12-26/h4-13H,1-3H3,(H,25,27). The van der Waals surface area contributed by atoms with Gasteiger partial charge in [-0.2, -0.15) is 0 Å². The molecule has 1 N–H and O–H groups in total. The van der Waals surface area contributed by atoms with Crippen molar-refractivity contribution in [3.8, 4) is 16.8 Å². The van der Waals surface area contributed by atoms with Crippen molar-refractivity contribution < 1.29 is 9.53 Å². The molecule has 0 aliphatic rings. The molecule has 0 bridgehead atoms. The predicted molar refractivity (Wildman–Crippen MR) is 114 cm³/mol. The zero-order chi connectivity index (χ0) is 20.4. The van der Waals surface area contributed by atoms with Crippen molar-refractivity contribution in [2.24, 2.45) is 0 Å². The number of nitrogens with zero attached hydrogens (tertiary/aromatic N) is 3. The second-order valence-corrected chi connectivity index (χ2v) is 7.82. The summed E-state index contributed by atoms with van der Waals surface area (Å²) < 4.78 is 7.63. The fourth-order valence-electron chi connectivity index (χ4n) is 3.00. The summed E-state index contributed by atoms with van der Waals surface area (Å²) in [6, 6.07) is 11.4. The highest BCUT2D eigenvalue weighted by molar-refractivity contribution is 7.15. The number of carbonyl (C=O) groups is 1. The first-order valence-electron chi connectivity index (χ1n) is 9.13. The topological polar surface area (TPSA) is 69.0 Å². The van der Waals surface area contributed by atoms with Gasteiger partial charge in [0.15, 0.2) is 0 Å². The summed E-state index contributed by atoms with van der Waals surface area (Å²) in [5.74, 6) is 0.487. The van der Waals surface area contributed by atoms with Gasteiger partial charge in [-0.25, -0.2) is 9.97 Å². The molecule has 146 valence electrons. The highest BCUT2D eigenvalue weighted by Gasteiger charge is 2.21. The first kappa shape index (κ1) is 18.9. The zero-order valence-electron chi connectivity index (χ0n) is 16.3. The lowest BCUT2D eigenvalue weighted by Gasteiger charge is -2.12. The molecule has 0 atom stereocenters. The molecule has 7 heteroatoms. The molecular formula is C22H20N4O2S. The first-order valence-corrected chi connectivity index (χ1v) is 9.95. The van der Waals surface area contributed by atoms with Gasteiger partial charge in [-0.3, -0.25) is 4.79 Å². The molecule has 0 unspecified atom stereocenters. The molecule has 0 fully saturated rings. The van der Waals surface area contributed by atoms with Crippen LogP contribution >= 0.6 is 11.3 Å². The Morgan fingerprint density at radius 2 is 1.79 bits per heavy atom. The van der Waals surface area contributed by atoms with Crippen molar-refractivity contribution in [2.45, 2.75) is 20.8 Å². The monoisotopic (exact) mass is 404 g/mol. The Kier molecular flexibility index (Phi) is 5.14. The highest BCUT2D eigenvalue weighted by Crippen LogP contribution is 2.32. The number of benzene rings is 1. The summed E-state index contributed by atoms with van der Waals surface area (Å²) in [5.41, 5.74) is 3.31. The van der Waals surface area contributed by atoms with Crippen molar-refractivity contribution in [1.82, 2.24) is 14.5 Å². The number of amides is 1. The SMILES string of the molecule is Cc1cc(Oc2ncccn2)ccc1NC(=O)c1c(-n2cccc2)sc(C)c1C. The number of hydrogen-bond donors (Lipinski definition) is 1. The van der Waals surface area contributed by atoms with Gasteiger partial charge in [-0.05, 0) is 68.3 Å². The summed E-state index contributed by atoms with van der Waals surface area (Å²) >= 11 is 1.61. The number of aryl methyl sites for hydroxylation is 2. The van der Waals surface area contributed by atoms with Gasteiger partial charge in [0.2, 0.25) is 0 Å². The van der Waals surface area contributed by atoms with Crippen LogP contribution < -0.4 is 10.1 Å². The molecule has 4 aromatic rings. The molecule has 0 aliphatic heterocycles. The maximum absolute atomic E-state index is 13.1. The lowest BCUT2D eigenvalue weighted by molar-refractivity contribution is 0.102. The molecular weight excluding hydrogens is 384 g/mol. The highest BCUT2D eigenvalue weighted by atomic mass is 32.1. The van der Waals surface area contributed by atoms with E-state index >= 15 is 0 Å². The maximum Gasteiger partial charge on any atom is 0.321 e. The average molecular weight is 404 g/mol. The fraction of sp³-hybridized carbons (Fsp3) is 0.136. The van der Waals surface area contributed by atoms with E-state index in [1.165, 1.54) is 0 Å². The van der Waals surface area contributed by atoms with Crippen molar-refractivity contribution in [1.29, 1.82) is 0 Å². The minimum atomic E-state index is -0.126. The van der Waals surface area contributed by atoms with Gasteiger partial charge in [-0.1, -0.05) is 0 Å². The Morgan fingerprint density at radius 1 is 1.07 bits per heavy atom. The van der Waals surface area contributed by atoms with Crippen LogP contribution in [0, 0.1) is 20.8 Å². The van der Waals surface area contributed by atoms with Crippen LogP contribution in [0.4, 0.5) is 5.69 Å². The Hall–Kier alpha value is -3.45. The van der Waals surface area contributed by atoms with E-state index in [-0.39, 0.29) is 11.9 Å². The van der Waals surface area contributed by atoms with E-state index in [0.717, 1.165) is 26.7 Å². The Morgan fingerprint density at radius 3 is 2.48 bits per heavy atom. The molecule has 0 saturated heterocycles. The van der Waals surface area contributed by atoms with Gasteiger partial charge in [0.1, 0.15) is 10.8 Å². The number of hydrogen-bond acceptors (Lipinski definition) is 5. The van der Waals surface area contributed by atoms with E-state index in [2.05, 4.69) is 15.3 Å². The second-order valence-electron chi connectivity index (χ2n) is 6.62. The Balaban J connectivity index is 1.58. The summed E-state index contributed by atoms with van der Waals surface area (Å²) in [4.78, 5) is 22.4. The lowest BCUT2D eigenvalue weighted by atomic mass is 10.1. The van der Waals surface area contributed by atoms with Crippen LogP contribution in [-0.4, -0.2) is 20.4 Å². The zero-order valence-corrected chi connectivity index (χ0v) is 17.2. The van der Waals surface area contributed by atoms with Gasteiger partial charge in [0.25, 0.3) is 5.91 Å². The minimum absolute atomic E-state index is 0.126. The Labute approximate surface area is 172 Å². The molecule has 4 rings (SSSR count). The quantitative estimate of drug-likeness (QED) is 0.490. The third-order valence-electron chi connectivity index (χ3n) is 4.63. The molecule has 3 aromatic heterocycles. The minimum Gasteiger partial charge on any atom is -0.424 e. The van der Waals surface area contributed by atoms with Crippen LogP contribution in [0.1, 0.15) is 26.4 Å². The summed E-state index contributed by atoms with van der Waals surface area (Å²) in [6.45, 7) is 5.94.